The molecule has 5 heteroatoms. The van der Waals surface area contributed by atoms with Crippen LogP contribution in [-0.4, -0.2) is 29.5 Å². The van der Waals surface area contributed by atoms with Gasteiger partial charge >= 0.3 is 0 Å². The third kappa shape index (κ3) is 5.41. The Morgan fingerprint density at radius 2 is 2.10 bits per heavy atom. The maximum Gasteiger partial charge on any atom is 0.255 e. The van der Waals surface area contributed by atoms with Gasteiger partial charge < -0.3 is 15.2 Å². The zero-order chi connectivity index (χ0) is 15.3. The molecule has 0 heterocycles. The molecule has 1 amide bonds. The molecule has 0 aromatic heterocycles. The topological polar surface area (TPSA) is 58.6 Å². The van der Waals surface area contributed by atoms with Gasteiger partial charge in [-0.25, -0.2) is 0 Å². The molecule has 0 radical (unpaired) electrons. The number of benzene rings is 1. The summed E-state index contributed by atoms with van der Waals surface area (Å²) in [5, 5.41) is 12.6. The minimum absolute atomic E-state index is 0.0798. The molecule has 0 aliphatic rings. The summed E-state index contributed by atoms with van der Waals surface area (Å²) < 4.78 is 4.98. The van der Waals surface area contributed by atoms with Gasteiger partial charge in [0, 0.05) is 17.4 Å². The minimum atomic E-state index is -0.288. The lowest BCUT2D eigenvalue weighted by Gasteiger charge is -2.22. The Morgan fingerprint density at radius 1 is 1.45 bits per heavy atom. The van der Waals surface area contributed by atoms with Crippen molar-refractivity contribution < 1.29 is 14.6 Å². The quantitative estimate of drug-likeness (QED) is 0.806. The van der Waals surface area contributed by atoms with E-state index in [9.17, 15) is 9.90 Å². The van der Waals surface area contributed by atoms with Gasteiger partial charge in [0.05, 0.1) is 12.7 Å². The van der Waals surface area contributed by atoms with E-state index < -0.39 is 0 Å². The zero-order valence-corrected chi connectivity index (χ0v) is 14.0. The predicted octanol–water partition coefficient (Wildman–Crippen LogP) is 3.33. The number of phenols is 1. The highest BCUT2D eigenvalue weighted by Crippen LogP contribution is 2.25. The Bertz CT molecular complexity index is 469. The van der Waals surface area contributed by atoms with Crippen molar-refractivity contribution in [3.05, 3.63) is 23.8 Å². The van der Waals surface area contributed by atoms with E-state index in [0.717, 1.165) is 6.42 Å². The lowest BCUT2D eigenvalue weighted by Crippen LogP contribution is -2.31. The van der Waals surface area contributed by atoms with Crippen LogP contribution in [0.15, 0.2) is 18.2 Å². The van der Waals surface area contributed by atoms with Crippen molar-refractivity contribution in [2.45, 2.75) is 32.0 Å². The van der Waals surface area contributed by atoms with Gasteiger partial charge in [0.25, 0.3) is 5.91 Å². The number of amides is 1. The van der Waals surface area contributed by atoms with Crippen molar-refractivity contribution in [3.8, 4) is 11.5 Å². The van der Waals surface area contributed by atoms with E-state index in [1.54, 1.807) is 12.1 Å². The van der Waals surface area contributed by atoms with Gasteiger partial charge in [-0.3, -0.25) is 4.79 Å². The van der Waals surface area contributed by atoms with Gasteiger partial charge in [-0.15, -0.1) is 0 Å². The van der Waals surface area contributed by atoms with Crippen LogP contribution in [0.4, 0.5) is 0 Å². The number of methoxy groups -OCH3 is 1. The summed E-state index contributed by atoms with van der Waals surface area (Å²) in [6.45, 7) is 6.97. The minimum Gasteiger partial charge on any atom is -0.507 e. The lowest BCUT2D eigenvalue weighted by atomic mass is 9.90. The molecule has 1 unspecified atom stereocenters. The van der Waals surface area contributed by atoms with Crippen molar-refractivity contribution >= 4 is 21.8 Å². The summed E-state index contributed by atoms with van der Waals surface area (Å²) in [5.74, 6) is 0.150. The average molecular weight is 344 g/mol. The summed E-state index contributed by atoms with van der Waals surface area (Å²) >= 11 is 3.56. The predicted molar refractivity (Wildman–Crippen MR) is 83.8 cm³/mol. The maximum absolute atomic E-state index is 12.0. The van der Waals surface area contributed by atoms with Crippen LogP contribution in [0.1, 0.15) is 37.6 Å². The first-order valence-corrected chi connectivity index (χ1v) is 7.44. The van der Waals surface area contributed by atoms with E-state index >= 15 is 0 Å². The number of ether oxygens (including phenoxy) is 1. The molecule has 20 heavy (non-hydrogen) atoms. The van der Waals surface area contributed by atoms with Crippen LogP contribution in [0.2, 0.25) is 0 Å². The number of phenolic OH excluding ortho intramolecular Hbond substituents is 1. The molecule has 2 N–H and O–H groups in total. The number of alkyl halides is 1. The van der Waals surface area contributed by atoms with Crippen LogP contribution in [-0.2, 0) is 0 Å². The van der Waals surface area contributed by atoms with Gasteiger partial charge in [-0.05, 0) is 24.0 Å². The number of hydrogen-bond acceptors (Lipinski definition) is 3. The molecule has 0 spiro atoms. The van der Waals surface area contributed by atoms with E-state index in [1.807, 2.05) is 0 Å². The molecule has 1 rings (SSSR count). The molecule has 0 saturated heterocycles. The highest BCUT2D eigenvalue weighted by atomic mass is 79.9. The smallest absolute Gasteiger partial charge is 0.255 e. The third-order valence-electron chi connectivity index (χ3n) is 2.77. The zero-order valence-electron chi connectivity index (χ0n) is 12.4. The highest BCUT2D eigenvalue weighted by molar-refractivity contribution is 9.09. The van der Waals surface area contributed by atoms with Gasteiger partial charge in [0.15, 0.2) is 0 Å². The Labute approximate surface area is 128 Å². The largest absolute Gasteiger partial charge is 0.507 e. The fourth-order valence-corrected chi connectivity index (χ4v) is 3.00. The molecule has 1 aromatic rings. The molecule has 0 aliphatic heterocycles. The lowest BCUT2D eigenvalue weighted by molar-refractivity contribution is 0.0950. The van der Waals surface area contributed by atoms with Crippen LogP contribution in [0.5, 0.6) is 11.5 Å². The normalized spacial score (nSPS) is 12.8. The number of hydrogen-bond donors (Lipinski definition) is 2. The van der Waals surface area contributed by atoms with Gasteiger partial charge in [0.2, 0.25) is 0 Å². The summed E-state index contributed by atoms with van der Waals surface area (Å²) in [6.07, 6.45) is 0.946. The second-order valence-corrected chi connectivity index (χ2v) is 7.25. The fraction of sp³-hybridized carbons (Fsp3) is 0.533. The molecule has 0 fully saturated rings. The third-order valence-corrected chi connectivity index (χ3v) is 3.41. The second-order valence-electron chi connectivity index (χ2n) is 5.96. The Kier molecular flexibility index (Phi) is 5.87. The van der Waals surface area contributed by atoms with Crippen molar-refractivity contribution in [1.29, 1.82) is 0 Å². The van der Waals surface area contributed by atoms with Gasteiger partial charge in [-0.2, -0.15) is 0 Å². The molecule has 1 atom stereocenters. The monoisotopic (exact) mass is 343 g/mol. The molecular formula is C15H22BrNO3. The summed E-state index contributed by atoms with van der Waals surface area (Å²) in [5.41, 5.74) is 0.447. The number of carbonyl (C=O) groups is 1. The van der Waals surface area contributed by atoms with Crippen LogP contribution < -0.4 is 10.1 Å². The number of rotatable bonds is 5. The molecule has 0 bridgehead atoms. The molecule has 1 aromatic carbocycles. The molecular weight excluding hydrogens is 322 g/mol. The number of halogens is 1. The number of nitrogens with one attached hydrogen (secondary N) is 1. The first-order valence-electron chi connectivity index (χ1n) is 6.52. The van der Waals surface area contributed by atoms with Gasteiger partial charge in [-0.1, -0.05) is 36.7 Å². The number of aromatic hydroxyl groups is 1. The van der Waals surface area contributed by atoms with Crippen molar-refractivity contribution in [2.75, 3.05) is 13.7 Å². The molecule has 112 valence electrons. The average Bonchev–Trinajstić information content (AvgIpc) is 2.33. The van der Waals surface area contributed by atoms with Gasteiger partial charge in [0.1, 0.15) is 11.5 Å². The van der Waals surface area contributed by atoms with Crippen molar-refractivity contribution in [1.82, 2.24) is 5.32 Å². The van der Waals surface area contributed by atoms with E-state index in [4.69, 9.17) is 4.74 Å². The van der Waals surface area contributed by atoms with Crippen molar-refractivity contribution in [3.63, 3.8) is 0 Å². The van der Waals surface area contributed by atoms with E-state index in [0.29, 0.717) is 12.3 Å². The number of carbonyl (C=O) groups excluding carboxylic acids is 1. The first kappa shape index (κ1) is 16.8. The SMILES string of the molecule is COc1ccc(C(=O)NCC(Br)CC(C)(C)C)c(O)c1. The molecule has 0 saturated carbocycles. The van der Waals surface area contributed by atoms with Crippen LogP contribution >= 0.6 is 15.9 Å². The summed E-state index contributed by atoms with van der Waals surface area (Å²) in [7, 11) is 1.51. The Balaban J connectivity index is 2.59. The summed E-state index contributed by atoms with van der Waals surface area (Å²) in [6, 6.07) is 4.63. The Morgan fingerprint density at radius 3 is 2.60 bits per heavy atom. The second kappa shape index (κ2) is 6.97. The molecule has 0 aliphatic carbocycles. The van der Waals surface area contributed by atoms with E-state index in [1.165, 1.54) is 13.2 Å². The van der Waals surface area contributed by atoms with E-state index in [2.05, 4.69) is 42.0 Å². The van der Waals surface area contributed by atoms with Crippen LogP contribution in [0.25, 0.3) is 0 Å². The molecule has 4 nitrogen and oxygen atoms in total. The van der Waals surface area contributed by atoms with Crippen molar-refractivity contribution in [2.24, 2.45) is 5.41 Å². The van der Waals surface area contributed by atoms with Crippen LogP contribution in [0.3, 0.4) is 0 Å². The highest BCUT2D eigenvalue weighted by Gasteiger charge is 2.18. The Hall–Kier alpha value is -1.23. The maximum atomic E-state index is 12.0. The fourth-order valence-electron chi connectivity index (χ4n) is 1.87. The first-order chi connectivity index (χ1) is 9.23. The van der Waals surface area contributed by atoms with E-state index in [-0.39, 0.29) is 27.5 Å². The van der Waals surface area contributed by atoms with Crippen LogP contribution in [0, 0.1) is 5.41 Å². The summed E-state index contributed by atoms with van der Waals surface area (Å²) in [4.78, 5) is 12.2. The standard InChI is InChI=1S/C15H22BrNO3/c1-15(2,3)8-10(16)9-17-14(19)12-6-5-11(20-4)7-13(12)18/h5-7,10,18H,8-9H2,1-4H3,(H,17,19).